The van der Waals surface area contributed by atoms with Gasteiger partial charge in [-0.2, -0.15) is 30.9 Å². The highest BCUT2D eigenvalue weighted by Crippen LogP contribution is 2.28. The van der Waals surface area contributed by atoms with E-state index in [1.807, 2.05) is 0 Å². The van der Waals surface area contributed by atoms with Crippen LogP contribution in [0.1, 0.15) is 12.8 Å². The van der Waals surface area contributed by atoms with Crippen LogP contribution in [0.15, 0.2) is 0 Å². The molecule has 6 nitrogen and oxygen atoms in total. The third-order valence-electron chi connectivity index (χ3n) is 1.97. The third-order valence-corrected chi connectivity index (χ3v) is 2.92. The lowest BCUT2D eigenvalue weighted by Crippen LogP contribution is -2.40. The summed E-state index contributed by atoms with van der Waals surface area (Å²) in [5.41, 5.74) is -5.56. The zero-order chi connectivity index (χ0) is 12.6. The summed E-state index contributed by atoms with van der Waals surface area (Å²) < 4.78 is 60.7. The Labute approximate surface area is 88.7 Å². The van der Waals surface area contributed by atoms with Crippen molar-refractivity contribution in [1.29, 1.82) is 0 Å². The SMILES string of the molecule is O=C(O)[C@@H]1CCCN1OS(=O)(=O)C(F)(F)F. The molecular formula is C6H8F3NO5S. The minimum Gasteiger partial charge on any atom is -0.480 e. The fourth-order valence-corrected chi connectivity index (χ4v) is 1.76. The average molecular weight is 263 g/mol. The molecule has 0 spiro atoms. The molecule has 1 N–H and O–H groups in total. The predicted molar refractivity (Wildman–Crippen MR) is 43.4 cm³/mol. The van der Waals surface area contributed by atoms with Crippen LogP contribution in [0.2, 0.25) is 0 Å². The highest BCUT2D eigenvalue weighted by Gasteiger charge is 2.50. The summed E-state index contributed by atoms with van der Waals surface area (Å²) in [4.78, 5) is 10.5. The van der Waals surface area contributed by atoms with E-state index in [1.165, 1.54) is 0 Å². The minimum absolute atomic E-state index is 0.0444. The maximum atomic E-state index is 11.9. The van der Waals surface area contributed by atoms with Gasteiger partial charge in [-0.25, -0.2) is 0 Å². The van der Waals surface area contributed by atoms with Crippen molar-refractivity contribution in [3.05, 3.63) is 0 Å². The van der Waals surface area contributed by atoms with Crippen molar-refractivity contribution < 1.29 is 35.8 Å². The van der Waals surface area contributed by atoms with Gasteiger partial charge in [-0.3, -0.25) is 4.79 Å². The van der Waals surface area contributed by atoms with Gasteiger partial charge in [0.15, 0.2) is 0 Å². The van der Waals surface area contributed by atoms with Crippen molar-refractivity contribution in [2.75, 3.05) is 6.54 Å². The van der Waals surface area contributed by atoms with E-state index in [2.05, 4.69) is 4.28 Å². The molecule has 0 bridgehead atoms. The first kappa shape index (κ1) is 13.2. The van der Waals surface area contributed by atoms with Gasteiger partial charge in [0.2, 0.25) is 0 Å². The Bertz CT molecular complexity index is 378. The van der Waals surface area contributed by atoms with E-state index in [9.17, 15) is 26.4 Å². The van der Waals surface area contributed by atoms with Gasteiger partial charge in [-0.1, -0.05) is 0 Å². The van der Waals surface area contributed by atoms with E-state index in [-0.39, 0.29) is 19.4 Å². The van der Waals surface area contributed by atoms with Gasteiger partial charge in [0, 0.05) is 6.54 Å². The van der Waals surface area contributed by atoms with Gasteiger partial charge in [0.25, 0.3) is 0 Å². The van der Waals surface area contributed by atoms with E-state index in [4.69, 9.17) is 5.11 Å². The highest BCUT2D eigenvalue weighted by molar-refractivity contribution is 7.87. The number of hydrogen-bond acceptors (Lipinski definition) is 5. The number of nitrogens with zero attached hydrogens (tertiary/aromatic N) is 1. The highest BCUT2D eigenvalue weighted by atomic mass is 32.2. The maximum Gasteiger partial charge on any atom is 0.524 e. The standard InChI is InChI=1S/C6H8F3NO5S/c7-6(8,9)16(13,14)15-10-3-1-2-4(10)5(11)12/h4H,1-3H2,(H,11,12)/t4-/m0/s1. The number of aliphatic carboxylic acids is 1. The van der Waals surface area contributed by atoms with Gasteiger partial charge in [-0.05, 0) is 12.8 Å². The largest absolute Gasteiger partial charge is 0.524 e. The van der Waals surface area contributed by atoms with Crippen LogP contribution in [-0.2, 0) is 19.2 Å². The molecule has 0 aromatic heterocycles. The molecule has 0 unspecified atom stereocenters. The van der Waals surface area contributed by atoms with E-state index in [1.54, 1.807) is 0 Å². The van der Waals surface area contributed by atoms with Crippen molar-refractivity contribution >= 4 is 16.1 Å². The summed E-state index contributed by atoms with van der Waals surface area (Å²) >= 11 is 0. The number of carboxylic acids is 1. The fourth-order valence-electron chi connectivity index (χ4n) is 1.24. The second kappa shape index (κ2) is 4.18. The molecule has 1 saturated heterocycles. The van der Waals surface area contributed by atoms with Crippen LogP contribution in [0.3, 0.4) is 0 Å². The lowest BCUT2D eigenvalue weighted by Gasteiger charge is -2.20. The summed E-state index contributed by atoms with van der Waals surface area (Å²) in [6.07, 6.45) is 0.299. The number of carboxylic acid groups (broad SMARTS) is 1. The van der Waals surface area contributed by atoms with Crippen LogP contribution in [0.5, 0.6) is 0 Å². The van der Waals surface area contributed by atoms with Gasteiger partial charge >= 0.3 is 21.6 Å². The molecule has 1 atom stereocenters. The fraction of sp³-hybridized carbons (Fsp3) is 0.833. The van der Waals surface area contributed by atoms with Gasteiger partial charge < -0.3 is 5.11 Å². The van der Waals surface area contributed by atoms with Crippen LogP contribution in [0, 0.1) is 0 Å². The number of alkyl halides is 3. The Morgan fingerprint density at radius 3 is 2.44 bits per heavy atom. The molecule has 1 fully saturated rings. The summed E-state index contributed by atoms with van der Waals surface area (Å²) in [5.74, 6) is -1.42. The quantitative estimate of drug-likeness (QED) is 0.738. The lowest BCUT2D eigenvalue weighted by molar-refractivity contribution is -0.157. The van der Waals surface area contributed by atoms with Crippen molar-refractivity contribution in [3.63, 3.8) is 0 Å². The Morgan fingerprint density at radius 2 is 2.00 bits per heavy atom. The minimum atomic E-state index is -5.78. The normalized spacial score (nSPS) is 23.6. The van der Waals surface area contributed by atoms with Crippen molar-refractivity contribution in [2.45, 2.75) is 24.4 Å². The average Bonchev–Trinajstić information content (AvgIpc) is 2.49. The Balaban J connectivity index is 2.79. The number of hydrogen-bond donors (Lipinski definition) is 1. The molecule has 0 aromatic carbocycles. The van der Waals surface area contributed by atoms with E-state index < -0.39 is 27.6 Å². The molecule has 1 aliphatic rings. The smallest absolute Gasteiger partial charge is 0.480 e. The first-order valence-corrected chi connectivity index (χ1v) is 5.56. The molecule has 94 valence electrons. The van der Waals surface area contributed by atoms with Gasteiger partial charge in [0.1, 0.15) is 6.04 Å². The number of carbonyl (C=O) groups is 1. The van der Waals surface area contributed by atoms with E-state index in [0.717, 1.165) is 0 Å². The van der Waals surface area contributed by atoms with Crippen molar-refractivity contribution in [1.82, 2.24) is 5.06 Å². The lowest BCUT2D eigenvalue weighted by atomic mass is 10.2. The molecule has 0 aromatic rings. The monoisotopic (exact) mass is 263 g/mol. The summed E-state index contributed by atoms with van der Waals surface area (Å²) in [5, 5.41) is 8.91. The van der Waals surface area contributed by atoms with E-state index >= 15 is 0 Å². The predicted octanol–water partition coefficient (Wildman–Crippen LogP) is 0.317. The van der Waals surface area contributed by atoms with Crippen LogP contribution in [0.25, 0.3) is 0 Å². The maximum absolute atomic E-state index is 11.9. The first-order valence-electron chi connectivity index (χ1n) is 4.15. The topological polar surface area (TPSA) is 83.9 Å². The van der Waals surface area contributed by atoms with Crippen LogP contribution >= 0.6 is 0 Å². The Kier molecular flexibility index (Phi) is 3.45. The van der Waals surface area contributed by atoms with E-state index in [0.29, 0.717) is 5.06 Å². The molecule has 16 heavy (non-hydrogen) atoms. The van der Waals surface area contributed by atoms with Crippen LogP contribution < -0.4 is 0 Å². The molecule has 0 radical (unpaired) electrons. The zero-order valence-electron chi connectivity index (χ0n) is 7.77. The summed E-state index contributed by atoms with van der Waals surface area (Å²) in [6, 6.07) is -1.36. The molecule has 0 aliphatic carbocycles. The second-order valence-electron chi connectivity index (χ2n) is 3.11. The van der Waals surface area contributed by atoms with Crippen molar-refractivity contribution in [2.24, 2.45) is 0 Å². The third kappa shape index (κ3) is 2.62. The zero-order valence-corrected chi connectivity index (χ0v) is 8.58. The van der Waals surface area contributed by atoms with Gasteiger partial charge in [0.05, 0.1) is 0 Å². The number of hydroxylamine groups is 2. The molecule has 0 saturated carbocycles. The van der Waals surface area contributed by atoms with Gasteiger partial charge in [-0.15, -0.1) is 0 Å². The second-order valence-corrected chi connectivity index (χ2v) is 4.63. The van der Waals surface area contributed by atoms with Crippen molar-refractivity contribution in [3.8, 4) is 0 Å². The molecule has 1 aliphatic heterocycles. The molecule has 1 rings (SSSR count). The summed E-state index contributed by atoms with van der Waals surface area (Å²) in [6.45, 7) is -0.174. The molecular weight excluding hydrogens is 255 g/mol. The Hall–Kier alpha value is -0.870. The van der Waals surface area contributed by atoms with Crippen LogP contribution in [-0.4, -0.2) is 42.7 Å². The Morgan fingerprint density at radius 1 is 1.44 bits per heavy atom. The molecule has 0 amide bonds. The number of halogens is 3. The first-order chi connectivity index (χ1) is 7.15. The molecule has 1 heterocycles. The van der Waals surface area contributed by atoms with Crippen LogP contribution in [0.4, 0.5) is 13.2 Å². The summed E-state index contributed by atoms with van der Waals surface area (Å²) in [7, 11) is -5.78. The molecule has 10 heteroatoms. The number of rotatable bonds is 3.